The van der Waals surface area contributed by atoms with Gasteiger partial charge in [0.2, 0.25) is 5.91 Å². The minimum Gasteiger partial charge on any atom is -0.370 e. The molecule has 3 N–H and O–H groups in total. The zero-order chi connectivity index (χ0) is 20.6. The highest BCUT2D eigenvalue weighted by atomic mass is 19.4. The van der Waals surface area contributed by atoms with E-state index in [0.29, 0.717) is 25.9 Å². The smallest absolute Gasteiger partial charge is 0.370 e. The highest BCUT2D eigenvalue weighted by molar-refractivity contribution is 5.81. The van der Waals surface area contributed by atoms with Gasteiger partial charge in [0.05, 0.1) is 0 Å². The first-order valence-electron chi connectivity index (χ1n) is 8.96. The first-order chi connectivity index (χ1) is 12.5. The molecule has 1 rings (SSSR count). The third-order valence-electron chi connectivity index (χ3n) is 4.43. The van der Waals surface area contributed by atoms with Crippen molar-refractivity contribution >= 4 is 11.9 Å². The number of amides is 1. The lowest BCUT2D eigenvalue weighted by molar-refractivity contribution is -0.126. The Kier molecular flexibility index (Phi) is 8.81. The number of likely N-dealkylation sites (tertiary alicyclic amines) is 1. The normalized spacial score (nSPS) is 18.2. The van der Waals surface area contributed by atoms with Crippen molar-refractivity contribution in [2.24, 2.45) is 16.6 Å². The molecule has 0 aromatic carbocycles. The van der Waals surface area contributed by atoms with Crippen LogP contribution in [-0.2, 0) is 4.79 Å². The van der Waals surface area contributed by atoms with E-state index in [1.165, 1.54) is 0 Å². The molecule has 6 nitrogen and oxygen atoms in total. The van der Waals surface area contributed by atoms with E-state index in [0.717, 1.165) is 25.2 Å². The van der Waals surface area contributed by atoms with E-state index in [2.05, 4.69) is 21.8 Å². The first-order valence-corrected chi connectivity index (χ1v) is 8.96. The van der Waals surface area contributed by atoms with Gasteiger partial charge in [-0.15, -0.1) is 0 Å². The van der Waals surface area contributed by atoms with E-state index in [9.17, 15) is 18.0 Å². The third kappa shape index (κ3) is 8.47. The second-order valence-corrected chi connectivity index (χ2v) is 7.09. The van der Waals surface area contributed by atoms with Crippen LogP contribution in [0.1, 0.15) is 26.2 Å². The molecule has 27 heavy (non-hydrogen) atoms. The van der Waals surface area contributed by atoms with Gasteiger partial charge in [0, 0.05) is 36.8 Å². The van der Waals surface area contributed by atoms with E-state index >= 15 is 0 Å². The Hall–Kier alpha value is -2.03. The quantitative estimate of drug-likeness (QED) is 0.397. The molecule has 0 unspecified atom stereocenters. The largest absolute Gasteiger partial charge is 0.415 e. The molecule has 0 aliphatic carbocycles. The van der Waals surface area contributed by atoms with E-state index in [1.807, 2.05) is 21.0 Å². The summed E-state index contributed by atoms with van der Waals surface area (Å²) in [5.41, 5.74) is 4.83. The Morgan fingerprint density at radius 3 is 2.52 bits per heavy atom. The number of nitrogens with zero attached hydrogens (tertiary/aromatic N) is 3. The van der Waals surface area contributed by atoms with E-state index < -0.39 is 11.7 Å². The summed E-state index contributed by atoms with van der Waals surface area (Å²) in [6.07, 6.45) is -0.565. The van der Waals surface area contributed by atoms with Crippen molar-refractivity contribution in [3.63, 3.8) is 0 Å². The minimum atomic E-state index is -4.48. The molecule has 1 fully saturated rings. The molecule has 1 aliphatic rings. The Morgan fingerprint density at radius 2 is 2.00 bits per heavy atom. The molecule has 0 aromatic rings. The summed E-state index contributed by atoms with van der Waals surface area (Å²) in [4.78, 5) is 20.0. The number of rotatable bonds is 7. The van der Waals surface area contributed by atoms with Gasteiger partial charge < -0.3 is 20.9 Å². The minimum absolute atomic E-state index is 0.0396. The van der Waals surface area contributed by atoms with E-state index in [4.69, 9.17) is 5.73 Å². The van der Waals surface area contributed by atoms with Gasteiger partial charge in [-0.05, 0) is 52.9 Å². The topological polar surface area (TPSA) is 74.0 Å². The van der Waals surface area contributed by atoms with Crippen molar-refractivity contribution in [1.82, 2.24) is 15.1 Å². The first kappa shape index (κ1) is 23.0. The van der Waals surface area contributed by atoms with Crippen LogP contribution in [0.15, 0.2) is 29.4 Å². The fourth-order valence-electron chi connectivity index (χ4n) is 2.64. The number of hydrogen-bond donors (Lipinski definition) is 2. The number of carbonyl (C=O) groups excluding carboxylic acids is 1. The average Bonchev–Trinajstić information content (AvgIpc) is 2.59. The van der Waals surface area contributed by atoms with Crippen LogP contribution in [0.25, 0.3) is 0 Å². The SMILES string of the molecule is C=C(/C=C\N=C(/N)N1CCC(C(=O)N[C@@H](C)CCN(C)C)CC1)C(F)(F)F. The summed E-state index contributed by atoms with van der Waals surface area (Å²) in [5.74, 6) is 0.0913. The maximum atomic E-state index is 12.3. The van der Waals surface area contributed by atoms with Crippen molar-refractivity contribution in [2.45, 2.75) is 38.4 Å². The molecule has 1 atom stereocenters. The van der Waals surface area contributed by atoms with Crippen molar-refractivity contribution < 1.29 is 18.0 Å². The number of piperidine rings is 1. The molecule has 1 heterocycles. The van der Waals surface area contributed by atoms with Crippen molar-refractivity contribution in [3.05, 3.63) is 24.4 Å². The maximum Gasteiger partial charge on any atom is 0.415 e. The Morgan fingerprint density at radius 1 is 1.41 bits per heavy atom. The van der Waals surface area contributed by atoms with Crippen molar-refractivity contribution in [1.29, 1.82) is 0 Å². The summed E-state index contributed by atoms with van der Waals surface area (Å²) >= 11 is 0. The molecule has 0 radical (unpaired) electrons. The lowest BCUT2D eigenvalue weighted by Gasteiger charge is -2.32. The highest BCUT2D eigenvalue weighted by Gasteiger charge is 2.30. The van der Waals surface area contributed by atoms with Crippen LogP contribution in [0.5, 0.6) is 0 Å². The number of allylic oxidation sites excluding steroid dienone is 2. The zero-order valence-electron chi connectivity index (χ0n) is 16.2. The summed E-state index contributed by atoms with van der Waals surface area (Å²) in [6, 6.07) is 0.108. The molecule has 1 amide bonds. The van der Waals surface area contributed by atoms with Gasteiger partial charge in [-0.2, -0.15) is 13.2 Å². The van der Waals surface area contributed by atoms with Crippen LogP contribution < -0.4 is 11.1 Å². The average molecular weight is 389 g/mol. The Balaban J connectivity index is 2.44. The number of aliphatic imine (C=N–C) groups is 1. The standard InChI is InChI=1S/C18H30F3N5O/c1-13(18(19,20)21)5-9-23-17(22)26-11-7-15(8-12-26)16(27)24-14(2)6-10-25(3)4/h5,9,14-15H,1,6-8,10-12H2,2-4H3,(H2,22,23)(H,24,27)/b9-5-/t14-/m0/s1. The van der Waals surface area contributed by atoms with E-state index in [1.54, 1.807) is 4.90 Å². The summed E-state index contributed by atoms with van der Waals surface area (Å²) < 4.78 is 37.0. The third-order valence-corrected chi connectivity index (χ3v) is 4.43. The Bertz CT molecular complexity index is 564. The monoisotopic (exact) mass is 389 g/mol. The van der Waals surface area contributed by atoms with Crippen LogP contribution in [0.2, 0.25) is 0 Å². The second kappa shape index (κ2) is 10.3. The highest BCUT2D eigenvalue weighted by Crippen LogP contribution is 2.24. The van der Waals surface area contributed by atoms with Crippen molar-refractivity contribution in [3.8, 4) is 0 Å². The van der Waals surface area contributed by atoms with Gasteiger partial charge in [-0.25, -0.2) is 4.99 Å². The van der Waals surface area contributed by atoms with Gasteiger partial charge in [0.15, 0.2) is 5.96 Å². The molecule has 0 bridgehead atoms. The molecule has 0 spiro atoms. The van der Waals surface area contributed by atoms with Crippen LogP contribution >= 0.6 is 0 Å². The molecular formula is C18H30F3N5O. The molecule has 154 valence electrons. The number of hydrogen-bond acceptors (Lipinski definition) is 3. The van der Waals surface area contributed by atoms with Crippen LogP contribution in [0, 0.1) is 5.92 Å². The van der Waals surface area contributed by atoms with Crippen LogP contribution in [0.4, 0.5) is 13.2 Å². The molecular weight excluding hydrogens is 359 g/mol. The number of guanidine groups is 1. The molecule has 0 aromatic heterocycles. The molecule has 1 aliphatic heterocycles. The molecule has 0 saturated carbocycles. The maximum absolute atomic E-state index is 12.3. The fraction of sp³-hybridized carbons (Fsp3) is 0.667. The van der Waals surface area contributed by atoms with Gasteiger partial charge in [0.1, 0.15) is 0 Å². The van der Waals surface area contributed by atoms with Crippen LogP contribution in [0.3, 0.4) is 0 Å². The lowest BCUT2D eigenvalue weighted by atomic mass is 9.95. The van der Waals surface area contributed by atoms with Crippen molar-refractivity contribution in [2.75, 3.05) is 33.7 Å². The number of carbonyl (C=O) groups is 1. The summed E-state index contributed by atoms with van der Waals surface area (Å²) in [6.45, 7) is 6.89. The van der Waals surface area contributed by atoms with E-state index in [-0.39, 0.29) is 23.8 Å². The lowest BCUT2D eigenvalue weighted by Crippen LogP contribution is -2.47. The van der Waals surface area contributed by atoms with Gasteiger partial charge in [-0.1, -0.05) is 6.58 Å². The van der Waals surface area contributed by atoms with Gasteiger partial charge in [-0.3, -0.25) is 4.79 Å². The number of halogens is 3. The fourth-order valence-corrected chi connectivity index (χ4v) is 2.64. The van der Waals surface area contributed by atoms with Gasteiger partial charge in [0.25, 0.3) is 0 Å². The number of nitrogens with one attached hydrogen (secondary N) is 1. The Labute approximate surface area is 159 Å². The summed E-state index contributed by atoms with van der Waals surface area (Å²) in [5, 5.41) is 3.04. The van der Waals surface area contributed by atoms with Crippen LogP contribution in [-0.4, -0.2) is 67.6 Å². The second-order valence-electron chi connectivity index (χ2n) is 7.09. The number of nitrogens with two attached hydrogens (primary N) is 1. The zero-order valence-corrected chi connectivity index (χ0v) is 16.2. The number of alkyl halides is 3. The summed E-state index contributed by atoms with van der Waals surface area (Å²) in [7, 11) is 3.98. The molecule has 9 heteroatoms. The molecule has 1 saturated heterocycles. The predicted molar refractivity (Wildman–Crippen MR) is 101 cm³/mol. The van der Waals surface area contributed by atoms with Gasteiger partial charge >= 0.3 is 6.18 Å². The predicted octanol–water partition coefficient (Wildman–Crippen LogP) is 2.10.